The highest BCUT2D eigenvalue weighted by atomic mass is 32.2. The maximum absolute atomic E-state index is 11.3. The smallest absolute Gasteiger partial charge is 0.281 e. The van der Waals surface area contributed by atoms with Gasteiger partial charge in [0.1, 0.15) is 5.37 Å². The topological polar surface area (TPSA) is 57.6 Å². The minimum absolute atomic E-state index is 0.0572. The molecule has 1 unspecified atom stereocenters. The van der Waals surface area contributed by atoms with Crippen LogP contribution in [0.25, 0.3) is 0 Å². The van der Waals surface area contributed by atoms with E-state index in [-0.39, 0.29) is 6.04 Å². The van der Waals surface area contributed by atoms with Gasteiger partial charge in [-0.3, -0.25) is 9.45 Å². The second-order valence-electron chi connectivity index (χ2n) is 4.19. The molecule has 0 amide bonds. The van der Waals surface area contributed by atoms with Crippen molar-refractivity contribution in [1.29, 1.82) is 0 Å². The van der Waals surface area contributed by atoms with Crippen LogP contribution in [0.15, 0.2) is 12.7 Å². The van der Waals surface area contributed by atoms with Gasteiger partial charge < -0.3 is 0 Å². The second kappa shape index (κ2) is 7.04. The van der Waals surface area contributed by atoms with Gasteiger partial charge >= 0.3 is 0 Å². The molecular weight excluding hydrogens is 226 g/mol. The molecule has 0 heterocycles. The Hall–Kier alpha value is -0.390. The molecule has 16 heavy (non-hydrogen) atoms. The van der Waals surface area contributed by atoms with Crippen LogP contribution in [0.3, 0.4) is 0 Å². The van der Waals surface area contributed by atoms with Gasteiger partial charge in [0.25, 0.3) is 10.1 Å². The maximum atomic E-state index is 11.3. The van der Waals surface area contributed by atoms with Gasteiger partial charge in [0.2, 0.25) is 0 Å². The van der Waals surface area contributed by atoms with Crippen LogP contribution in [-0.4, -0.2) is 35.8 Å². The number of rotatable bonds is 8. The van der Waals surface area contributed by atoms with E-state index in [9.17, 15) is 13.0 Å². The lowest BCUT2D eigenvalue weighted by Crippen LogP contribution is -2.45. The number of nitrogens with zero attached hydrogens (tertiary/aromatic N) is 1. The summed E-state index contributed by atoms with van der Waals surface area (Å²) < 4.78 is 31.9. The first kappa shape index (κ1) is 15.6. The molecule has 5 heteroatoms. The summed E-state index contributed by atoms with van der Waals surface area (Å²) in [7, 11) is -4.03. The Labute approximate surface area is 99.1 Å². The van der Waals surface area contributed by atoms with Crippen molar-refractivity contribution in [3.8, 4) is 0 Å². The van der Waals surface area contributed by atoms with Gasteiger partial charge in [0, 0.05) is 12.6 Å². The van der Waals surface area contributed by atoms with E-state index in [0.717, 1.165) is 12.8 Å². The lowest BCUT2D eigenvalue weighted by molar-refractivity contribution is 0.201. The third kappa shape index (κ3) is 5.09. The molecule has 0 bridgehead atoms. The molecule has 0 aliphatic heterocycles. The zero-order valence-corrected chi connectivity index (χ0v) is 11.2. The minimum atomic E-state index is -4.03. The minimum Gasteiger partial charge on any atom is -0.284 e. The lowest BCUT2D eigenvalue weighted by Gasteiger charge is -2.31. The summed E-state index contributed by atoms with van der Waals surface area (Å²) in [5, 5.41) is -0.814. The van der Waals surface area contributed by atoms with Gasteiger partial charge in [-0.2, -0.15) is 8.42 Å². The Balaban J connectivity index is 4.88. The highest BCUT2D eigenvalue weighted by Gasteiger charge is 2.30. The maximum Gasteiger partial charge on any atom is 0.281 e. The summed E-state index contributed by atoms with van der Waals surface area (Å²) in [6, 6.07) is 0.0572. The molecule has 0 aliphatic rings. The van der Waals surface area contributed by atoms with Gasteiger partial charge in [0.05, 0.1) is 0 Å². The highest BCUT2D eigenvalue weighted by molar-refractivity contribution is 7.86. The monoisotopic (exact) mass is 249 g/mol. The third-order valence-electron chi connectivity index (χ3n) is 2.52. The molecule has 4 nitrogen and oxygen atoms in total. The summed E-state index contributed by atoms with van der Waals surface area (Å²) in [6.45, 7) is 9.89. The van der Waals surface area contributed by atoms with Crippen molar-refractivity contribution in [3.05, 3.63) is 12.7 Å². The van der Waals surface area contributed by atoms with Crippen molar-refractivity contribution in [3.63, 3.8) is 0 Å². The predicted octanol–water partition coefficient (Wildman–Crippen LogP) is 2.29. The van der Waals surface area contributed by atoms with E-state index in [1.807, 2.05) is 20.8 Å². The number of unbranched alkanes of at least 4 members (excludes halogenated alkanes) is 1. The van der Waals surface area contributed by atoms with Crippen LogP contribution in [0.4, 0.5) is 0 Å². The number of hydrogen-bond acceptors (Lipinski definition) is 3. The number of hydrogen-bond donors (Lipinski definition) is 1. The molecule has 0 aromatic carbocycles. The zero-order chi connectivity index (χ0) is 12.8. The molecule has 0 aromatic rings. The van der Waals surface area contributed by atoms with Crippen LogP contribution < -0.4 is 0 Å². The summed E-state index contributed by atoms with van der Waals surface area (Å²) >= 11 is 0. The van der Waals surface area contributed by atoms with E-state index >= 15 is 0 Å². The Morgan fingerprint density at radius 3 is 2.31 bits per heavy atom. The molecule has 0 aliphatic carbocycles. The molecule has 0 fully saturated rings. The van der Waals surface area contributed by atoms with Gasteiger partial charge in [-0.1, -0.05) is 25.8 Å². The third-order valence-corrected chi connectivity index (χ3v) is 3.72. The van der Waals surface area contributed by atoms with Crippen LogP contribution in [0.5, 0.6) is 0 Å². The Morgan fingerprint density at radius 1 is 1.44 bits per heavy atom. The second-order valence-corrected chi connectivity index (χ2v) is 5.77. The van der Waals surface area contributed by atoms with Crippen LogP contribution in [0.2, 0.25) is 0 Å². The van der Waals surface area contributed by atoms with Crippen molar-refractivity contribution in [2.24, 2.45) is 0 Å². The first-order valence-corrected chi connectivity index (χ1v) is 7.17. The predicted molar refractivity (Wildman–Crippen MR) is 66.9 cm³/mol. The first-order chi connectivity index (χ1) is 7.34. The molecule has 0 saturated carbocycles. The fraction of sp³-hybridized carbons (Fsp3) is 0.818. The molecule has 0 radical (unpaired) electrons. The fourth-order valence-corrected chi connectivity index (χ4v) is 2.81. The molecule has 0 saturated heterocycles. The van der Waals surface area contributed by atoms with Crippen molar-refractivity contribution < 1.29 is 13.0 Å². The molecule has 1 N–H and O–H groups in total. The van der Waals surface area contributed by atoms with Crippen molar-refractivity contribution in [2.45, 2.75) is 51.4 Å². The average Bonchev–Trinajstić information content (AvgIpc) is 2.14. The normalized spacial score (nSPS) is 14.4. The molecule has 96 valence electrons. The quantitative estimate of drug-likeness (QED) is 0.529. The van der Waals surface area contributed by atoms with Gasteiger partial charge in [-0.05, 0) is 20.3 Å². The van der Waals surface area contributed by atoms with Crippen molar-refractivity contribution in [1.82, 2.24) is 4.90 Å². The highest BCUT2D eigenvalue weighted by Crippen LogP contribution is 2.17. The average molecular weight is 249 g/mol. The molecule has 0 rings (SSSR count). The van der Waals surface area contributed by atoms with Crippen LogP contribution in [0.1, 0.15) is 40.0 Å². The summed E-state index contributed by atoms with van der Waals surface area (Å²) in [5.74, 6) is 0. The standard InChI is InChI=1S/C11H23NO3S/c1-5-7-8-11(16(13,14)15)12(9-6-2)10(3)4/h6,10-11H,2,5,7-9H2,1,3-4H3,(H,13,14,15). The van der Waals surface area contributed by atoms with E-state index in [1.54, 1.807) is 11.0 Å². The summed E-state index contributed by atoms with van der Waals surface area (Å²) in [5.41, 5.74) is 0. The van der Waals surface area contributed by atoms with E-state index in [1.165, 1.54) is 0 Å². The van der Waals surface area contributed by atoms with E-state index in [0.29, 0.717) is 13.0 Å². The van der Waals surface area contributed by atoms with Gasteiger partial charge in [-0.25, -0.2) is 0 Å². The van der Waals surface area contributed by atoms with E-state index in [2.05, 4.69) is 6.58 Å². The first-order valence-electron chi connectivity index (χ1n) is 5.67. The lowest BCUT2D eigenvalue weighted by atomic mass is 10.2. The fourth-order valence-electron chi connectivity index (χ4n) is 1.67. The molecule has 0 aromatic heterocycles. The zero-order valence-electron chi connectivity index (χ0n) is 10.4. The van der Waals surface area contributed by atoms with Crippen molar-refractivity contribution in [2.75, 3.05) is 6.54 Å². The van der Waals surface area contributed by atoms with Gasteiger partial charge in [-0.15, -0.1) is 6.58 Å². The largest absolute Gasteiger partial charge is 0.284 e. The summed E-state index contributed by atoms with van der Waals surface area (Å²) in [6.07, 6.45) is 3.81. The van der Waals surface area contributed by atoms with Crippen LogP contribution in [0, 0.1) is 0 Å². The summed E-state index contributed by atoms with van der Waals surface area (Å²) in [4.78, 5) is 1.75. The SMILES string of the molecule is C=CCN(C(C)C)C(CCCC)S(=O)(=O)O. The Bertz CT molecular complexity index is 298. The van der Waals surface area contributed by atoms with Gasteiger partial charge in [0.15, 0.2) is 0 Å². The van der Waals surface area contributed by atoms with E-state index in [4.69, 9.17) is 0 Å². The molecular formula is C11H23NO3S. The van der Waals surface area contributed by atoms with Crippen molar-refractivity contribution >= 4 is 10.1 Å². The molecule has 0 spiro atoms. The van der Waals surface area contributed by atoms with E-state index < -0.39 is 15.5 Å². The van der Waals surface area contributed by atoms with Crippen LogP contribution in [-0.2, 0) is 10.1 Å². The Morgan fingerprint density at radius 2 is 2.00 bits per heavy atom. The van der Waals surface area contributed by atoms with Crippen LogP contribution >= 0.6 is 0 Å². The Kier molecular flexibility index (Phi) is 6.87. The molecule has 1 atom stereocenters.